The van der Waals surface area contributed by atoms with Crippen LogP contribution < -0.4 is 0 Å². The average Bonchev–Trinajstić information content (AvgIpc) is 2.01. The van der Waals surface area contributed by atoms with Crippen molar-refractivity contribution in [2.75, 3.05) is 0 Å². The van der Waals surface area contributed by atoms with Crippen molar-refractivity contribution in [2.24, 2.45) is 17.3 Å². The Balaban J connectivity index is 2.46. The number of hydrogen-bond acceptors (Lipinski definition) is 0. The van der Waals surface area contributed by atoms with Gasteiger partial charge in [0, 0.05) is 0 Å². The molecule has 2 atom stereocenters. The largest absolute Gasteiger partial charge is 0.0622 e. The van der Waals surface area contributed by atoms with Crippen molar-refractivity contribution < 1.29 is 0 Å². The first-order valence-corrected chi connectivity index (χ1v) is 5.34. The van der Waals surface area contributed by atoms with Gasteiger partial charge in [0.2, 0.25) is 0 Å². The Morgan fingerprint density at radius 1 is 1.50 bits per heavy atom. The Bertz CT molecular complexity index is 135. The standard InChI is InChI=1S/C12H23/c1-5-10(2)11-7-6-8-12(3,4)9-11/h10-11H,1,5-9H2,2-4H3/t10?,11-/m1/s1. The smallest absolute Gasteiger partial charge is 0.0351 e. The fourth-order valence-electron chi connectivity index (χ4n) is 2.48. The van der Waals surface area contributed by atoms with Crippen molar-refractivity contribution in [1.29, 1.82) is 0 Å². The normalized spacial score (nSPS) is 31.5. The first-order chi connectivity index (χ1) is 5.55. The highest BCUT2D eigenvalue weighted by Gasteiger charge is 2.29. The molecule has 0 heterocycles. The van der Waals surface area contributed by atoms with E-state index in [1.807, 2.05) is 0 Å². The molecule has 0 spiro atoms. The zero-order valence-electron chi connectivity index (χ0n) is 8.90. The van der Waals surface area contributed by atoms with Crippen molar-refractivity contribution >= 4 is 0 Å². The average molecular weight is 167 g/mol. The lowest BCUT2D eigenvalue weighted by molar-refractivity contribution is 0.141. The lowest BCUT2D eigenvalue weighted by atomic mass is 9.68. The molecule has 1 aliphatic rings. The quantitative estimate of drug-likeness (QED) is 0.581. The highest BCUT2D eigenvalue weighted by atomic mass is 14.3. The van der Waals surface area contributed by atoms with Crippen molar-refractivity contribution in [3.8, 4) is 0 Å². The third-order valence-electron chi connectivity index (χ3n) is 3.50. The van der Waals surface area contributed by atoms with Crippen molar-refractivity contribution in [2.45, 2.75) is 52.9 Å². The molecule has 1 saturated carbocycles. The molecule has 0 N–H and O–H groups in total. The Hall–Kier alpha value is 0. The van der Waals surface area contributed by atoms with Crippen LogP contribution in [0.5, 0.6) is 0 Å². The Morgan fingerprint density at radius 3 is 2.67 bits per heavy atom. The van der Waals surface area contributed by atoms with E-state index in [1.165, 1.54) is 25.7 Å². The summed E-state index contributed by atoms with van der Waals surface area (Å²) in [5.74, 6) is 1.79. The second-order valence-corrected chi connectivity index (χ2v) is 5.29. The molecule has 1 aliphatic carbocycles. The Labute approximate surface area is 77.7 Å². The molecule has 0 amide bonds. The van der Waals surface area contributed by atoms with E-state index in [4.69, 9.17) is 0 Å². The van der Waals surface area contributed by atoms with E-state index in [0.29, 0.717) is 5.41 Å². The molecule has 1 unspecified atom stereocenters. The van der Waals surface area contributed by atoms with E-state index in [1.54, 1.807) is 0 Å². The summed E-state index contributed by atoms with van der Waals surface area (Å²) in [7, 11) is 0. The SMILES string of the molecule is [CH2]CC(C)[C@@H]1CCCC(C)(C)C1. The van der Waals surface area contributed by atoms with E-state index in [-0.39, 0.29) is 0 Å². The Morgan fingerprint density at radius 2 is 2.17 bits per heavy atom. The molecule has 0 heteroatoms. The zero-order chi connectivity index (χ0) is 9.19. The monoisotopic (exact) mass is 167 g/mol. The van der Waals surface area contributed by atoms with Gasteiger partial charge in [-0.3, -0.25) is 0 Å². The van der Waals surface area contributed by atoms with Crippen LogP contribution in [-0.2, 0) is 0 Å². The maximum Gasteiger partial charge on any atom is -0.0351 e. The van der Waals surface area contributed by atoms with Gasteiger partial charge in [0.25, 0.3) is 0 Å². The lowest BCUT2D eigenvalue weighted by Crippen LogP contribution is -2.26. The molecule has 1 rings (SSSR count). The molecular formula is C12H23. The molecule has 0 aromatic heterocycles. The van der Waals surface area contributed by atoms with Crippen LogP contribution in [0.15, 0.2) is 0 Å². The molecular weight excluding hydrogens is 144 g/mol. The van der Waals surface area contributed by atoms with Crippen molar-refractivity contribution in [3.63, 3.8) is 0 Å². The first kappa shape index (κ1) is 10.1. The summed E-state index contributed by atoms with van der Waals surface area (Å²) in [5, 5.41) is 0. The van der Waals surface area contributed by atoms with Gasteiger partial charge in [0.05, 0.1) is 0 Å². The summed E-state index contributed by atoms with van der Waals surface area (Å²) in [5.41, 5.74) is 0.604. The minimum absolute atomic E-state index is 0.604. The molecule has 0 saturated heterocycles. The summed E-state index contributed by atoms with van der Waals surface area (Å²) >= 11 is 0. The van der Waals surface area contributed by atoms with Gasteiger partial charge in [-0.2, -0.15) is 0 Å². The molecule has 71 valence electrons. The highest BCUT2D eigenvalue weighted by molar-refractivity contribution is 4.81. The summed E-state index contributed by atoms with van der Waals surface area (Å²) < 4.78 is 0. The van der Waals surface area contributed by atoms with Crippen LogP contribution in [0.4, 0.5) is 0 Å². The molecule has 1 radical (unpaired) electrons. The molecule has 0 nitrogen and oxygen atoms in total. The van der Waals surface area contributed by atoms with Crippen LogP contribution in [0.25, 0.3) is 0 Å². The van der Waals surface area contributed by atoms with Crippen LogP contribution in [0.1, 0.15) is 52.9 Å². The molecule has 1 fully saturated rings. The van der Waals surface area contributed by atoms with E-state index >= 15 is 0 Å². The fraction of sp³-hybridized carbons (Fsp3) is 0.917. The van der Waals surface area contributed by atoms with Gasteiger partial charge in [0.1, 0.15) is 0 Å². The topological polar surface area (TPSA) is 0 Å². The van der Waals surface area contributed by atoms with Gasteiger partial charge in [-0.05, 0) is 30.1 Å². The van der Waals surface area contributed by atoms with Gasteiger partial charge in [0.15, 0.2) is 0 Å². The summed E-state index contributed by atoms with van der Waals surface area (Å²) in [6.07, 6.45) is 6.83. The number of hydrogen-bond donors (Lipinski definition) is 0. The van der Waals surface area contributed by atoms with Gasteiger partial charge in [-0.25, -0.2) is 0 Å². The molecule has 0 aromatic carbocycles. The van der Waals surface area contributed by atoms with Crippen LogP contribution in [-0.4, -0.2) is 0 Å². The maximum atomic E-state index is 4.01. The van der Waals surface area contributed by atoms with Crippen molar-refractivity contribution in [1.82, 2.24) is 0 Å². The maximum absolute atomic E-state index is 4.01. The van der Waals surface area contributed by atoms with Gasteiger partial charge >= 0.3 is 0 Å². The van der Waals surface area contributed by atoms with E-state index < -0.39 is 0 Å². The van der Waals surface area contributed by atoms with Crippen LogP contribution in [0.3, 0.4) is 0 Å². The Kier molecular flexibility index (Phi) is 3.20. The van der Waals surface area contributed by atoms with Crippen LogP contribution in [0, 0.1) is 24.2 Å². The second kappa shape index (κ2) is 3.81. The predicted molar refractivity (Wildman–Crippen MR) is 54.9 cm³/mol. The molecule has 0 bridgehead atoms. The fourth-order valence-corrected chi connectivity index (χ4v) is 2.48. The third-order valence-corrected chi connectivity index (χ3v) is 3.50. The van der Waals surface area contributed by atoms with E-state index in [0.717, 1.165) is 18.3 Å². The number of rotatable bonds is 2. The molecule has 0 aliphatic heterocycles. The lowest BCUT2D eigenvalue weighted by Gasteiger charge is -2.37. The van der Waals surface area contributed by atoms with Gasteiger partial charge < -0.3 is 0 Å². The first-order valence-electron chi connectivity index (χ1n) is 5.34. The summed E-state index contributed by atoms with van der Waals surface area (Å²) in [4.78, 5) is 0. The van der Waals surface area contributed by atoms with Gasteiger partial charge in [-0.15, -0.1) is 0 Å². The van der Waals surface area contributed by atoms with Crippen LogP contribution in [0.2, 0.25) is 0 Å². The van der Waals surface area contributed by atoms with E-state index in [9.17, 15) is 0 Å². The van der Waals surface area contributed by atoms with Crippen molar-refractivity contribution in [3.05, 3.63) is 6.92 Å². The van der Waals surface area contributed by atoms with Crippen LogP contribution >= 0.6 is 0 Å². The zero-order valence-corrected chi connectivity index (χ0v) is 8.90. The third kappa shape index (κ3) is 2.50. The highest BCUT2D eigenvalue weighted by Crippen LogP contribution is 2.41. The minimum atomic E-state index is 0.604. The van der Waals surface area contributed by atoms with Gasteiger partial charge in [-0.1, -0.05) is 47.0 Å². The summed E-state index contributed by atoms with van der Waals surface area (Å²) in [6, 6.07) is 0. The second-order valence-electron chi connectivity index (χ2n) is 5.29. The van der Waals surface area contributed by atoms with E-state index in [2.05, 4.69) is 27.7 Å². The molecule has 0 aromatic rings. The minimum Gasteiger partial charge on any atom is -0.0622 e. The molecule has 12 heavy (non-hydrogen) atoms. The summed E-state index contributed by atoms with van der Waals surface area (Å²) in [6.45, 7) is 11.2. The predicted octanol–water partition coefficient (Wildman–Crippen LogP) is 4.06.